The van der Waals surface area contributed by atoms with Crippen molar-refractivity contribution in [2.45, 2.75) is 38.8 Å². The molecule has 1 aliphatic heterocycles. The lowest BCUT2D eigenvalue weighted by molar-refractivity contribution is 0.148. The molecule has 2 N–H and O–H groups in total. The molecule has 4 nitrogen and oxygen atoms in total. The number of hydrazone groups is 1. The maximum Gasteiger partial charge on any atom is 0.0514 e. The highest BCUT2D eigenvalue weighted by Crippen LogP contribution is 2.14. The zero-order chi connectivity index (χ0) is 11.4. The van der Waals surface area contributed by atoms with Crippen molar-refractivity contribution >= 4 is 5.71 Å². The average molecular weight is 212 g/mol. The Labute approximate surface area is 93.1 Å². The van der Waals surface area contributed by atoms with Crippen LogP contribution in [0.3, 0.4) is 0 Å². The lowest BCUT2D eigenvalue weighted by atomic mass is 10.1. The van der Waals surface area contributed by atoms with Gasteiger partial charge in [0.2, 0.25) is 0 Å². The lowest BCUT2D eigenvalue weighted by Crippen LogP contribution is -2.40. The second-order valence-corrected chi connectivity index (χ2v) is 4.64. The van der Waals surface area contributed by atoms with Gasteiger partial charge in [0.25, 0.3) is 0 Å². The minimum Gasteiger partial charge on any atom is -0.323 e. The normalized spacial score (nSPS) is 22.9. The SMILES string of the molecule is C/C(=N/N(C)C1CCN(C)CC1)C(C)N. The predicted molar refractivity (Wildman–Crippen MR) is 65.0 cm³/mol. The molecule has 0 aromatic rings. The van der Waals surface area contributed by atoms with Crippen LogP contribution in [-0.2, 0) is 0 Å². The summed E-state index contributed by atoms with van der Waals surface area (Å²) in [4.78, 5) is 2.37. The zero-order valence-electron chi connectivity index (χ0n) is 10.4. The van der Waals surface area contributed by atoms with Crippen LogP contribution in [0.25, 0.3) is 0 Å². The summed E-state index contributed by atoms with van der Waals surface area (Å²) in [5, 5.41) is 6.62. The summed E-state index contributed by atoms with van der Waals surface area (Å²) in [5.74, 6) is 0. The van der Waals surface area contributed by atoms with Gasteiger partial charge < -0.3 is 10.6 Å². The zero-order valence-corrected chi connectivity index (χ0v) is 10.4. The third kappa shape index (κ3) is 3.80. The molecule has 1 aliphatic rings. The number of nitrogens with two attached hydrogens (primary N) is 1. The summed E-state index contributed by atoms with van der Waals surface area (Å²) >= 11 is 0. The van der Waals surface area contributed by atoms with Crippen molar-refractivity contribution in [2.24, 2.45) is 10.8 Å². The number of piperidine rings is 1. The van der Waals surface area contributed by atoms with E-state index in [0.29, 0.717) is 6.04 Å². The molecule has 1 heterocycles. The van der Waals surface area contributed by atoms with Crippen LogP contribution >= 0.6 is 0 Å². The van der Waals surface area contributed by atoms with E-state index < -0.39 is 0 Å². The van der Waals surface area contributed by atoms with Gasteiger partial charge in [0, 0.05) is 19.1 Å². The van der Waals surface area contributed by atoms with Gasteiger partial charge in [-0.2, -0.15) is 5.10 Å². The Hall–Kier alpha value is -0.610. The summed E-state index contributed by atoms with van der Waals surface area (Å²) in [6, 6.07) is 0.633. The van der Waals surface area contributed by atoms with Crippen molar-refractivity contribution in [1.82, 2.24) is 9.91 Å². The first kappa shape index (κ1) is 12.5. The molecular formula is C11H24N4. The fourth-order valence-electron chi connectivity index (χ4n) is 1.79. The van der Waals surface area contributed by atoms with Gasteiger partial charge >= 0.3 is 0 Å². The third-order valence-corrected chi connectivity index (χ3v) is 3.19. The molecule has 0 aliphatic carbocycles. The fourth-order valence-corrected chi connectivity index (χ4v) is 1.79. The molecule has 0 amide bonds. The molecule has 1 rings (SSSR count). The van der Waals surface area contributed by atoms with Gasteiger partial charge in [0.15, 0.2) is 0 Å². The van der Waals surface area contributed by atoms with E-state index in [9.17, 15) is 0 Å². The lowest BCUT2D eigenvalue weighted by Gasteiger charge is -2.34. The van der Waals surface area contributed by atoms with Gasteiger partial charge in [0.05, 0.1) is 5.71 Å². The van der Waals surface area contributed by atoms with Crippen molar-refractivity contribution in [3.05, 3.63) is 0 Å². The van der Waals surface area contributed by atoms with E-state index in [-0.39, 0.29) is 6.04 Å². The molecule has 1 fully saturated rings. The summed E-state index contributed by atoms with van der Waals surface area (Å²) < 4.78 is 0. The van der Waals surface area contributed by atoms with Gasteiger partial charge in [0.1, 0.15) is 0 Å². The maximum absolute atomic E-state index is 5.77. The molecule has 0 bridgehead atoms. The smallest absolute Gasteiger partial charge is 0.0514 e. The van der Waals surface area contributed by atoms with Crippen molar-refractivity contribution in [3.63, 3.8) is 0 Å². The van der Waals surface area contributed by atoms with Crippen LogP contribution in [0.1, 0.15) is 26.7 Å². The average Bonchev–Trinajstić information content (AvgIpc) is 2.18. The van der Waals surface area contributed by atoms with Crippen LogP contribution in [0.4, 0.5) is 0 Å². The van der Waals surface area contributed by atoms with Crippen molar-refractivity contribution in [2.75, 3.05) is 27.2 Å². The van der Waals surface area contributed by atoms with Gasteiger partial charge in [-0.05, 0) is 46.8 Å². The van der Waals surface area contributed by atoms with E-state index >= 15 is 0 Å². The van der Waals surface area contributed by atoms with Crippen LogP contribution < -0.4 is 5.73 Å². The Morgan fingerprint density at radius 2 is 2.00 bits per heavy atom. The Bertz CT molecular complexity index is 217. The van der Waals surface area contributed by atoms with E-state index in [0.717, 1.165) is 5.71 Å². The number of hydrogen-bond donors (Lipinski definition) is 1. The second kappa shape index (κ2) is 5.47. The van der Waals surface area contributed by atoms with Crippen LogP contribution in [0.15, 0.2) is 5.10 Å². The standard InChI is InChI=1S/C11H24N4/c1-9(12)10(2)13-15(4)11-5-7-14(3)8-6-11/h9,11H,5-8,12H2,1-4H3/b13-10-. The van der Waals surface area contributed by atoms with Crippen molar-refractivity contribution < 1.29 is 0 Å². The van der Waals surface area contributed by atoms with Crippen LogP contribution in [0.2, 0.25) is 0 Å². The monoisotopic (exact) mass is 212 g/mol. The molecule has 1 atom stereocenters. The van der Waals surface area contributed by atoms with Crippen LogP contribution in [-0.4, -0.2) is 54.9 Å². The van der Waals surface area contributed by atoms with Crippen molar-refractivity contribution in [3.8, 4) is 0 Å². The molecule has 88 valence electrons. The first-order valence-corrected chi connectivity index (χ1v) is 5.72. The van der Waals surface area contributed by atoms with E-state index in [1.165, 1.54) is 25.9 Å². The quantitative estimate of drug-likeness (QED) is 0.554. The molecule has 4 heteroatoms. The number of likely N-dealkylation sites (tertiary alicyclic amines) is 1. The molecule has 0 saturated carbocycles. The van der Waals surface area contributed by atoms with E-state index in [4.69, 9.17) is 5.73 Å². The molecule has 0 aromatic heterocycles. The Morgan fingerprint density at radius 1 is 1.47 bits per heavy atom. The molecule has 0 spiro atoms. The summed E-state index contributed by atoms with van der Waals surface area (Å²) in [6.45, 7) is 6.31. The summed E-state index contributed by atoms with van der Waals surface area (Å²) in [6.07, 6.45) is 2.39. The largest absolute Gasteiger partial charge is 0.323 e. The highest BCUT2D eigenvalue weighted by molar-refractivity contribution is 5.86. The van der Waals surface area contributed by atoms with Gasteiger partial charge in [-0.15, -0.1) is 0 Å². The topological polar surface area (TPSA) is 44.9 Å². The highest BCUT2D eigenvalue weighted by atomic mass is 15.5. The van der Waals surface area contributed by atoms with E-state index in [1.807, 2.05) is 13.8 Å². The second-order valence-electron chi connectivity index (χ2n) is 4.64. The number of nitrogens with zero attached hydrogens (tertiary/aromatic N) is 3. The van der Waals surface area contributed by atoms with Gasteiger partial charge in [-0.3, -0.25) is 5.01 Å². The first-order valence-electron chi connectivity index (χ1n) is 5.72. The molecule has 1 unspecified atom stereocenters. The van der Waals surface area contributed by atoms with Crippen molar-refractivity contribution in [1.29, 1.82) is 0 Å². The molecule has 15 heavy (non-hydrogen) atoms. The minimum absolute atomic E-state index is 0.0544. The first-order chi connectivity index (χ1) is 7.00. The van der Waals surface area contributed by atoms with Gasteiger partial charge in [-0.25, -0.2) is 0 Å². The van der Waals surface area contributed by atoms with Gasteiger partial charge in [-0.1, -0.05) is 0 Å². The predicted octanol–water partition coefficient (Wildman–Crippen LogP) is 0.736. The maximum atomic E-state index is 5.77. The van der Waals surface area contributed by atoms with E-state index in [1.54, 1.807) is 0 Å². The summed E-state index contributed by atoms with van der Waals surface area (Å²) in [7, 11) is 4.23. The fraction of sp³-hybridized carbons (Fsp3) is 0.909. The highest BCUT2D eigenvalue weighted by Gasteiger charge is 2.19. The molecule has 0 radical (unpaired) electrons. The Kier molecular flexibility index (Phi) is 4.54. The van der Waals surface area contributed by atoms with E-state index in [2.05, 4.69) is 29.1 Å². The third-order valence-electron chi connectivity index (χ3n) is 3.19. The Balaban J connectivity index is 2.47. The van der Waals surface area contributed by atoms with Crippen LogP contribution in [0.5, 0.6) is 0 Å². The minimum atomic E-state index is 0.0544. The molecule has 1 saturated heterocycles. The Morgan fingerprint density at radius 3 is 2.47 bits per heavy atom. The van der Waals surface area contributed by atoms with Crippen LogP contribution in [0, 0.1) is 0 Å². The number of rotatable bonds is 3. The number of hydrogen-bond acceptors (Lipinski definition) is 4. The molecule has 0 aromatic carbocycles. The molecular weight excluding hydrogens is 188 g/mol. The summed E-state index contributed by atoms with van der Waals surface area (Å²) in [5.41, 5.74) is 6.78.